The molecule has 1 aromatic carbocycles. The van der Waals surface area contributed by atoms with Crippen LogP contribution in [0.25, 0.3) is 5.57 Å². The van der Waals surface area contributed by atoms with Gasteiger partial charge in [-0.3, -0.25) is 0 Å². The summed E-state index contributed by atoms with van der Waals surface area (Å²) >= 11 is 0. The fraction of sp³-hybridized carbons (Fsp3) is 0.286. The van der Waals surface area contributed by atoms with E-state index in [1.807, 2.05) is 6.07 Å². The fourth-order valence-corrected chi connectivity index (χ4v) is 2.19. The van der Waals surface area contributed by atoms with Crippen LogP contribution in [-0.2, 0) is 19.0 Å². The van der Waals surface area contributed by atoms with Crippen LogP contribution < -0.4 is 4.90 Å². The number of amides is 1. The van der Waals surface area contributed by atoms with Crippen LogP contribution >= 0.6 is 0 Å². The van der Waals surface area contributed by atoms with Crippen molar-refractivity contribution >= 4 is 23.3 Å². The monoisotopic (exact) mass is 277 g/mol. The van der Waals surface area contributed by atoms with E-state index in [9.17, 15) is 9.59 Å². The molecule has 0 aromatic heterocycles. The third kappa shape index (κ3) is 2.25. The highest BCUT2D eigenvalue weighted by Gasteiger charge is 2.39. The molecule has 1 amide bonds. The van der Waals surface area contributed by atoms with Gasteiger partial charge in [-0.1, -0.05) is 18.2 Å². The summed E-state index contributed by atoms with van der Waals surface area (Å²) in [5, 5.41) is 0. The van der Waals surface area contributed by atoms with E-state index in [4.69, 9.17) is 9.47 Å². The minimum Gasteiger partial charge on any atom is -0.466 e. The molecule has 0 radical (unpaired) electrons. The van der Waals surface area contributed by atoms with E-state index in [1.54, 1.807) is 18.2 Å². The number of hydrogen-bond donors (Lipinski definition) is 0. The maximum absolute atomic E-state index is 11.9. The Morgan fingerprint density at radius 1 is 1.15 bits per heavy atom. The summed E-state index contributed by atoms with van der Waals surface area (Å²) in [7, 11) is 4.04. The van der Waals surface area contributed by atoms with Crippen LogP contribution in [0.4, 0.5) is 10.5 Å². The molecule has 6 heteroatoms. The molecule has 20 heavy (non-hydrogen) atoms. The summed E-state index contributed by atoms with van der Waals surface area (Å²) in [6.07, 6.45) is 0.0344. The average molecular weight is 277 g/mol. The normalized spacial score (nSPS) is 18.9. The van der Waals surface area contributed by atoms with Crippen molar-refractivity contribution in [3.63, 3.8) is 0 Å². The molecular weight excluding hydrogens is 262 g/mol. The summed E-state index contributed by atoms with van der Waals surface area (Å²) in [4.78, 5) is 24.8. The summed E-state index contributed by atoms with van der Waals surface area (Å²) < 4.78 is 14.7. The predicted octanol–water partition coefficient (Wildman–Crippen LogP) is 1.80. The first-order valence-electron chi connectivity index (χ1n) is 5.93. The number of para-hydroxylation sites is 1. The largest absolute Gasteiger partial charge is 0.466 e. The SMILES string of the molecule is COC(=O)/C=C1\c2ccccc2N(C(=O)OC)C1OC. The van der Waals surface area contributed by atoms with Gasteiger partial charge in [-0.05, 0) is 6.07 Å². The molecule has 0 aliphatic carbocycles. The molecule has 106 valence electrons. The zero-order valence-electron chi connectivity index (χ0n) is 11.5. The number of nitrogens with zero attached hydrogens (tertiary/aromatic N) is 1. The Labute approximate surface area is 116 Å². The summed E-state index contributed by atoms with van der Waals surface area (Å²) in [6.45, 7) is 0. The quantitative estimate of drug-likeness (QED) is 0.609. The van der Waals surface area contributed by atoms with Crippen LogP contribution in [0.1, 0.15) is 5.56 Å². The van der Waals surface area contributed by atoms with Gasteiger partial charge in [0.05, 0.1) is 19.9 Å². The lowest BCUT2D eigenvalue weighted by atomic mass is 10.1. The molecule has 2 rings (SSSR count). The average Bonchev–Trinajstić information content (AvgIpc) is 2.80. The highest BCUT2D eigenvalue weighted by atomic mass is 16.6. The second-order valence-corrected chi connectivity index (χ2v) is 4.07. The van der Waals surface area contributed by atoms with E-state index in [-0.39, 0.29) is 0 Å². The smallest absolute Gasteiger partial charge is 0.416 e. The van der Waals surface area contributed by atoms with E-state index < -0.39 is 18.3 Å². The van der Waals surface area contributed by atoms with E-state index >= 15 is 0 Å². The number of esters is 1. The second-order valence-electron chi connectivity index (χ2n) is 4.07. The second kappa shape index (κ2) is 5.75. The third-order valence-electron chi connectivity index (χ3n) is 3.04. The first-order valence-corrected chi connectivity index (χ1v) is 5.93. The zero-order chi connectivity index (χ0) is 14.7. The van der Waals surface area contributed by atoms with Gasteiger partial charge in [0, 0.05) is 24.3 Å². The predicted molar refractivity (Wildman–Crippen MR) is 72.1 cm³/mol. The minimum absolute atomic E-state index is 0.511. The lowest BCUT2D eigenvalue weighted by Gasteiger charge is -2.22. The first-order chi connectivity index (χ1) is 9.63. The Bertz CT molecular complexity index is 566. The van der Waals surface area contributed by atoms with Crippen LogP contribution in [0.5, 0.6) is 0 Å². The first kappa shape index (κ1) is 14.1. The van der Waals surface area contributed by atoms with E-state index in [1.165, 1.54) is 32.3 Å². The lowest BCUT2D eigenvalue weighted by molar-refractivity contribution is -0.134. The number of hydrogen-bond acceptors (Lipinski definition) is 5. The molecule has 1 aromatic rings. The van der Waals surface area contributed by atoms with Crippen molar-refractivity contribution in [2.24, 2.45) is 0 Å². The van der Waals surface area contributed by atoms with Crippen molar-refractivity contribution in [1.29, 1.82) is 0 Å². The molecule has 0 saturated heterocycles. The Hall–Kier alpha value is -2.34. The molecular formula is C14H15NO5. The van der Waals surface area contributed by atoms with Crippen molar-refractivity contribution < 1.29 is 23.8 Å². The van der Waals surface area contributed by atoms with Gasteiger partial charge < -0.3 is 14.2 Å². The van der Waals surface area contributed by atoms with Gasteiger partial charge in [0.15, 0.2) is 6.23 Å². The molecule has 0 spiro atoms. The molecule has 0 bridgehead atoms. The maximum Gasteiger partial charge on any atom is 0.416 e. The Morgan fingerprint density at radius 3 is 2.45 bits per heavy atom. The maximum atomic E-state index is 11.9. The van der Waals surface area contributed by atoms with E-state index in [2.05, 4.69) is 4.74 Å². The van der Waals surface area contributed by atoms with Crippen molar-refractivity contribution in [2.45, 2.75) is 6.23 Å². The van der Waals surface area contributed by atoms with Crippen LogP contribution in [-0.4, -0.2) is 39.6 Å². The third-order valence-corrected chi connectivity index (χ3v) is 3.04. The molecule has 0 fully saturated rings. The number of ether oxygens (including phenoxy) is 3. The number of carbonyl (C=O) groups is 2. The van der Waals surface area contributed by atoms with Crippen LogP contribution in [0.2, 0.25) is 0 Å². The molecule has 1 heterocycles. The van der Waals surface area contributed by atoms with Crippen molar-refractivity contribution in [1.82, 2.24) is 0 Å². The van der Waals surface area contributed by atoms with Crippen LogP contribution in [0.15, 0.2) is 30.3 Å². The van der Waals surface area contributed by atoms with Crippen molar-refractivity contribution in [3.05, 3.63) is 35.9 Å². The van der Waals surface area contributed by atoms with Crippen molar-refractivity contribution in [2.75, 3.05) is 26.2 Å². The molecule has 6 nitrogen and oxygen atoms in total. The van der Waals surface area contributed by atoms with Gasteiger partial charge in [-0.15, -0.1) is 0 Å². The molecule has 0 N–H and O–H groups in total. The van der Waals surface area contributed by atoms with E-state index in [0.29, 0.717) is 11.3 Å². The highest BCUT2D eigenvalue weighted by molar-refractivity contribution is 6.04. The Kier molecular flexibility index (Phi) is 4.05. The van der Waals surface area contributed by atoms with Gasteiger partial charge in [0.2, 0.25) is 0 Å². The van der Waals surface area contributed by atoms with Gasteiger partial charge in [-0.25, -0.2) is 14.5 Å². The standard InChI is InChI=1S/C14H15NO5/c1-18-12(16)8-10-9-6-4-5-7-11(9)15(13(10)19-2)14(17)20-3/h4-8,13H,1-3H3/b10-8+. The summed E-state index contributed by atoms with van der Waals surface area (Å²) in [5.74, 6) is -0.511. The Balaban J connectivity index is 2.56. The number of carbonyl (C=O) groups excluding carboxylic acids is 2. The number of methoxy groups -OCH3 is 3. The summed E-state index contributed by atoms with van der Waals surface area (Å²) in [5.41, 5.74) is 1.91. The summed E-state index contributed by atoms with van der Waals surface area (Å²) in [6, 6.07) is 7.18. The lowest BCUT2D eigenvalue weighted by Crippen LogP contribution is -2.38. The van der Waals surface area contributed by atoms with Gasteiger partial charge in [-0.2, -0.15) is 0 Å². The molecule has 1 atom stereocenters. The van der Waals surface area contributed by atoms with E-state index in [0.717, 1.165) is 5.56 Å². The molecule has 1 unspecified atom stereocenters. The molecule has 0 saturated carbocycles. The minimum atomic E-state index is -0.723. The topological polar surface area (TPSA) is 65.1 Å². The van der Waals surface area contributed by atoms with Gasteiger partial charge >= 0.3 is 12.1 Å². The number of benzene rings is 1. The van der Waals surface area contributed by atoms with Crippen LogP contribution in [0, 0.1) is 0 Å². The van der Waals surface area contributed by atoms with Gasteiger partial charge in [0.25, 0.3) is 0 Å². The molecule has 1 aliphatic rings. The van der Waals surface area contributed by atoms with Crippen LogP contribution in [0.3, 0.4) is 0 Å². The van der Waals surface area contributed by atoms with Gasteiger partial charge in [0.1, 0.15) is 0 Å². The highest BCUT2D eigenvalue weighted by Crippen LogP contribution is 2.40. The number of anilines is 1. The Morgan fingerprint density at radius 2 is 1.85 bits per heavy atom. The fourth-order valence-electron chi connectivity index (χ4n) is 2.19. The molecule has 1 aliphatic heterocycles. The zero-order valence-corrected chi connectivity index (χ0v) is 11.5. The number of rotatable bonds is 2. The number of fused-ring (bicyclic) bond motifs is 1. The van der Waals surface area contributed by atoms with Crippen molar-refractivity contribution in [3.8, 4) is 0 Å².